The molecule has 2 heteroatoms. The van der Waals surface area contributed by atoms with Crippen LogP contribution in [0, 0.1) is 41.2 Å². The second-order valence-corrected chi connectivity index (χ2v) is 10.9. The first-order chi connectivity index (χ1) is 15.1. The predicted octanol–water partition coefficient (Wildman–Crippen LogP) is 9.21. The molecule has 31 heavy (non-hydrogen) atoms. The van der Waals surface area contributed by atoms with Crippen LogP contribution in [0.5, 0.6) is 0 Å². The molecule has 0 saturated heterocycles. The molecule has 0 bridgehead atoms. The lowest BCUT2D eigenvalue weighted by Gasteiger charge is -2.38. The van der Waals surface area contributed by atoms with E-state index in [1.54, 1.807) is 6.07 Å². The Morgan fingerprint density at radius 3 is 1.81 bits per heavy atom. The zero-order valence-electron chi connectivity index (χ0n) is 19.5. The van der Waals surface area contributed by atoms with Gasteiger partial charge in [0.25, 0.3) is 0 Å². The van der Waals surface area contributed by atoms with Crippen LogP contribution in [0.4, 0.5) is 8.78 Å². The summed E-state index contributed by atoms with van der Waals surface area (Å²) in [5.74, 6) is 3.68. The number of allylic oxidation sites excluding steroid dienone is 2. The first-order valence-electron chi connectivity index (χ1n) is 13.2. The fourth-order valence-corrected chi connectivity index (χ4v) is 7.05. The maximum Gasteiger partial charge on any atom is 0.159 e. The van der Waals surface area contributed by atoms with Crippen LogP contribution in [0.1, 0.15) is 108 Å². The van der Waals surface area contributed by atoms with Gasteiger partial charge in [-0.3, -0.25) is 0 Å². The number of hydrogen-bond donors (Lipinski definition) is 0. The monoisotopic (exact) mass is 428 g/mol. The van der Waals surface area contributed by atoms with E-state index in [0.717, 1.165) is 48.0 Å². The summed E-state index contributed by atoms with van der Waals surface area (Å²) in [5.41, 5.74) is 0.996. The molecule has 1 aromatic rings. The van der Waals surface area contributed by atoms with Crippen LogP contribution >= 0.6 is 0 Å². The highest BCUT2D eigenvalue weighted by atomic mass is 19.2. The standard InChI is InChI=1S/C29H42F2/c1-2-3-21-6-12-24(13-7-21)25-14-8-22(9-15-25)4-5-23-10-16-26(17-11-23)27-18-19-28(30)29(31)20-27/h2-3,18-26H,4-17H2,1H3/b3-2+. The lowest BCUT2D eigenvalue weighted by atomic mass is 9.68. The van der Waals surface area contributed by atoms with Crippen molar-refractivity contribution in [2.75, 3.05) is 0 Å². The molecule has 172 valence electrons. The maximum atomic E-state index is 13.6. The molecule has 1 aromatic carbocycles. The average molecular weight is 429 g/mol. The average Bonchev–Trinajstić information content (AvgIpc) is 2.81. The highest BCUT2D eigenvalue weighted by Gasteiger charge is 2.31. The van der Waals surface area contributed by atoms with Gasteiger partial charge in [-0.25, -0.2) is 8.78 Å². The summed E-state index contributed by atoms with van der Waals surface area (Å²) in [6.45, 7) is 2.16. The van der Waals surface area contributed by atoms with E-state index in [0.29, 0.717) is 5.92 Å². The van der Waals surface area contributed by atoms with Crippen molar-refractivity contribution in [1.82, 2.24) is 0 Å². The third-order valence-corrected chi connectivity index (χ3v) is 9.08. The van der Waals surface area contributed by atoms with E-state index in [4.69, 9.17) is 0 Å². The van der Waals surface area contributed by atoms with Gasteiger partial charge in [0.15, 0.2) is 11.6 Å². The molecule has 0 aromatic heterocycles. The quantitative estimate of drug-likeness (QED) is 0.396. The van der Waals surface area contributed by atoms with E-state index in [1.165, 1.54) is 89.2 Å². The topological polar surface area (TPSA) is 0 Å². The van der Waals surface area contributed by atoms with Crippen molar-refractivity contribution in [2.24, 2.45) is 29.6 Å². The Hall–Kier alpha value is -1.18. The molecule has 0 spiro atoms. The lowest BCUT2D eigenvalue weighted by Crippen LogP contribution is -2.25. The van der Waals surface area contributed by atoms with Gasteiger partial charge in [0.05, 0.1) is 0 Å². The van der Waals surface area contributed by atoms with Gasteiger partial charge in [0, 0.05) is 0 Å². The summed E-state index contributed by atoms with van der Waals surface area (Å²) in [5, 5.41) is 0. The Morgan fingerprint density at radius 1 is 0.710 bits per heavy atom. The van der Waals surface area contributed by atoms with E-state index >= 15 is 0 Å². The molecule has 0 N–H and O–H groups in total. The molecule has 0 nitrogen and oxygen atoms in total. The van der Waals surface area contributed by atoms with Crippen LogP contribution in [-0.2, 0) is 0 Å². The van der Waals surface area contributed by atoms with Gasteiger partial charge in [-0.1, -0.05) is 43.9 Å². The Balaban J connectivity index is 1.13. The molecule has 0 radical (unpaired) electrons. The molecular formula is C29H42F2. The number of rotatable bonds is 6. The highest BCUT2D eigenvalue weighted by molar-refractivity contribution is 5.22. The molecule has 3 fully saturated rings. The van der Waals surface area contributed by atoms with Crippen molar-refractivity contribution in [1.29, 1.82) is 0 Å². The first kappa shape index (κ1) is 23.0. The van der Waals surface area contributed by atoms with E-state index in [2.05, 4.69) is 19.1 Å². The van der Waals surface area contributed by atoms with E-state index in [1.807, 2.05) is 0 Å². The minimum Gasteiger partial charge on any atom is -0.204 e. The summed E-state index contributed by atoms with van der Waals surface area (Å²) in [6.07, 6.45) is 23.9. The molecule has 0 unspecified atom stereocenters. The first-order valence-corrected chi connectivity index (χ1v) is 13.2. The van der Waals surface area contributed by atoms with Gasteiger partial charge in [0.1, 0.15) is 0 Å². The third-order valence-electron chi connectivity index (χ3n) is 9.08. The second-order valence-electron chi connectivity index (χ2n) is 10.9. The third kappa shape index (κ3) is 6.20. The predicted molar refractivity (Wildman–Crippen MR) is 126 cm³/mol. The van der Waals surface area contributed by atoms with E-state index in [-0.39, 0.29) is 0 Å². The van der Waals surface area contributed by atoms with Gasteiger partial charge >= 0.3 is 0 Å². The van der Waals surface area contributed by atoms with Crippen LogP contribution in [0.2, 0.25) is 0 Å². The van der Waals surface area contributed by atoms with E-state index in [9.17, 15) is 8.78 Å². The fourth-order valence-electron chi connectivity index (χ4n) is 7.05. The fraction of sp³-hybridized carbons (Fsp3) is 0.724. The molecule has 4 rings (SSSR count). The zero-order chi connectivity index (χ0) is 21.6. The van der Waals surface area contributed by atoms with Crippen molar-refractivity contribution in [3.63, 3.8) is 0 Å². The molecule has 3 saturated carbocycles. The summed E-state index contributed by atoms with van der Waals surface area (Å²) < 4.78 is 26.8. The Labute approximate surface area is 188 Å². The molecule has 3 aliphatic carbocycles. The molecule has 0 atom stereocenters. The van der Waals surface area contributed by atoms with Crippen molar-refractivity contribution in [3.05, 3.63) is 47.5 Å². The summed E-state index contributed by atoms with van der Waals surface area (Å²) in [6, 6.07) is 4.50. The molecule has 0 amide bonds. The smallest absolute Gasteiger partial charge is 0.159 e. The molecule has 0 aliphatic heterocycles. The van der Waals surface area contributed by atoms with Crippen LogP contribution in [0.15, 0.2) is 30.4 Å². The van der Waals surface area contributed by atoms with E-state index < -0.39 is 11.6 Å². The van der Waals surface area contributed by atoms with Crippen LogP contribution in [-0.4, -0.2) is 0 Å². The van der Waals surface area contributed by atoms with Crippen molar-refractivity contribution in [2.45, 2.75) is 103 Å². The van der Waals surface area contributed by atoms with Gasteiger partial charge in [-0.05, 0) is 124 Å². The minimum atomic E-state index is -0.728. The highest BCUT2D eigenvalue weighted by Crippen LogP contribution is 2.44. The second kappa shape index (κ2) is 11.1. The number of benzene rings is 1. The van der Waals surface area contributed by atoms with Crippen molar-refractivity contribution < 1.29 is 8.78 Å². The van der Waals surface area contributed by atoms with Gasteiger partial charge in [-0.15, -0.1) is 0 Å². The SMILES string of the molecule is C/C=C/C1CCC(C2CCC(CCC3CCC(c4ccc(F)c(F)c4)CC3)CC2)CC1. The Kier molecular flexibility index (Phi) is 8.24. The summed E-state index contributed by atoms with van der Waals surface area (Å²) in [7, 11) is 0. The largest absolute Gasteiger partial charge is 0.204 e. The zero-order valence-corrected chi connectivity index (χ0v) is 19.5. The Morgan fingerprint density at radius 2 is 1.26 bits per heavy atom. The van der Waals surface area contributed by atoms with Crippen LogP contribution in [0.3, 0.4) is 0 Å². The number of hydrogen-bond acceptors (Lipinski definition) is 0. The van der Waals surface area contributed by atoms with Crippen LogP contribution < -0.4 is 0 Å². The summed E-state index contributed by atoms with van der Waals surface area (Å²) in [4.78, 5) is 0. The molecule has 0 heterocycles. The molecule has 3 aliphatic rings. The van der Waals surface area contributed by atoms with Gasteiger partial charge in [-0.2, -0.15) is 0 Å². The van der Waals surface area contributed by atoms with Gasteiger partial charge in [0.2, 0.25) is 0 Å². The van der Waals surface area contributed by atoms with Crippen molar-refractivity contribution in [3.8, 4) is 0 Å². The molecular weight excluding hydrogens is 386 g/mol. The van der Waals surface area contributed by atoms with Crippen LogP contribution in [0.25, 0.3) is 0 Å². The van der Waals surface area contributed by atoms with Crippen molar-refractivity contribution >= 4 is 0 Å². The maximum absolute atomic E-state index is 13.6. The van der Waals surface area contributed by atoms with Gasteiger partial charge < -0.3 is 0 Å². The number of halogens is 2. The lowest BCUT2D eigenvalue weighted by molar-refractivity contribution is 0.147. The normalized spacial score (nSPS) is 34.8. The minimum absolute atomic E-state index is 0.421. The Bertz CT molecular complexity index is 699. The summed E-state index contributed by atoms with van der Waals surface area (Å²) >= 11 is 0.